The van der Waals surface area contributed by atoms with Crippen molar-refractivity contribution in [3.63, 3.8) is 0 Å². The van der Waals surface area contributed by atoms with E-state index >= 15 is 0 Å². The van der Waals surface area contributed by atoms with Crippen molar-refractivity contribution < 1.29 is 0 Å². The summed E-state index contributed by atoms with van der Waals surface area (Å²) in [5, 5.41) is 4.60. The normalized spacial score (nSPS) is 10.5. The van der Waals surface area contributed by atoms with Crippen LogP contribution in [-0.2, 0) is 13.6 Å². The second-order valence-electron chi connectivity index (χ2n) is 3.07. The number of fused-ring (bicyclic) bond motifs is 1. The van der Waals surface area contributed by atoms with E-state index in [0.717, 1.165) is 5.69 Å². The molecule has 3 nitrogen and oxygen atoms in total. The predicted molar refractivity (Wildman–Crippen MR) is 51.8 cm³/mol. The Morgan fingerprint density at radius 1 is 1.38 bits per heavy atom. The molecule has 0 amide bonds. The largest absolute Gasteiger partial charge is 0.346 e. The van der Waals surface area contributed by atoms with Crippen molar-refractivity contribution >= 4 is 10.9 Å². The molecule has 1 aromatic heterocycles. The summed E-state index contributed by atoms with van der Waals surface area (Å²) < 4.78 is 2.08. The molecule has 0 spiro atoms. The third-order valence-corrected chi connectivity index (χ3v) is 2.29. The zero-order chi connectivity index (χ0) is 9.26. The van der Waals surface area contributed by atoms with Gasteiger partial charge in [-0.2, -0.15) is 5.11 Å². The number of rotatable bonds is 2. The van der Waals surface area contributed by atoms with E-state index in [1.807, 2.05) is 19.2 Å². The number of hydrogen-bond acceptors (Lipinski definition) is 2. The summed E-state index contributed by atoms with van der Waals surface area (Å²) in [5.74, 6) is 0. The standard InChI is InChI=1S/C10H11N3/c1-13-9(7-12-11)6-8-4-2-3-5-10(8)13/h2-6,11H,7H2,1H3. The van der Waals surface area contributed by atoms with Crippen molar-refractivity contribution in [3.05, 3.63) is 36.0 Å². The van der Waals surface area contributed by atoms with Gasteiger partial charge in [-0.15, -0.1) is 0 Å². The third kappa shape index (κ3) is 1.22. The number of hydrogen-bond donors (Lipinski definition) is 1. The van der Waals surface area contributed by atoms with Gasteiger partial charge in [-0.05, 0) is 17.5 Å². The summed E-state index contributed by atoms with van der Waals surface area (Å²) in [6.45, 7) is 0.463. The molecule has 1 heterocycles. The molecule has 0 atom stereocenters. The number of aromatic nitrogens is 1. The summed E-state index contributed by atoms with van der Waals surface area (Å²) in [6, 6.07) is 10.3. The average Bonchev–Trinajstić information content (AvgIpc) is 2.46. The van der Waals surface area contributed by atoms with Gasteiger partial charge in [0.1, 0.15) is 0 Å². The molecule has 0 aliphatic rings. The highest BCUT2D eigenvalue weighted by Crippen LogP contribution is 2.18. The Balaban J connectivity index is 2.66. The van der Waals surface area contributed by atoms with Crippen molar-refractivity contribution in [1.29, 1.82) is 5.53 Å². The van der Waals surface area contributed by atoms with Gasteiger partial charge in [0.15, 0.2) is 0 Å². The van der Waals surface area contributed by atoms with Crippen molar-refractivity contribution in [3.8, 4) is 0 Å². The van der Waals surface area contributed by atoms with E-state index in [1.165, 1.54) is 10.9 Å². The molecule has 2 aromatic rings. The molecule has 0 bridgehead atoms. The van der Waals surface area contributed by atoms with Crippen LogP contribution in [0, 0.1) is 5.53 Å². The molecule has 13 heavy (non-hydrogen) atoms. The highest BCUT2D eigenvalue weighted by atomic mass is 15.0. The van der Waals surface area contributed by atoms with Gasteiger partial charge in [0.25, 0.3) is 0 Å². The van der Waals surface area contributed by atoms with Crippen LogP contribution in [0.3, 0.4) is 0 Å². The quantitative estimate of drug-likeness (QED) is 0.678. The van der Waals surface area contributed by atoms with Crippen molar-refractivity contribution in [1.82, 2.24) is 4.57 Å². The second-order valence-corrected chi connectivity index (χ2v) is 3.07. The highest BCUT2D eigenvalue weighted by molar-refractivity contribution is 5.81. The first-order valence-corrected chi connectivity index (χ1v) is 4.19. The minimum absolute atomic E-state index is 0.463. The third-order valence-electron chi connectivity index (χ3n) is 2.29. The van der Waals surface area contributed by atoms with Crippen LogP contribution in [-0.4, -0.2) is 4.57 Å². The van der Waals surface area contributed by atoms with Gasteiger partial charge in [0, 0.05) is 18.3 Å². The van der Waals surface area contributed by atoms with E-state index < -0.39 is 0 Å². The fourth-order valence-corrected chi connectivity index (χ4v) is 1.58. The van der Waals surface area contributed by atoms with Crippen LogP contribution in [0.2, 0.25) is 0 Å². The molecule has 0 aliphatic heterocycles. The fourth-order valence-electron chi connectivity index (χ4n) is 1.58. The van der Waals surface area contributed by atoms with E-state index in [2.05, 4.69) is 27.9 Å². The zero-order valence-electron chi connectivity index (χ0n) is 7.49. The Morgan fingerprint density at radius 2 is 2.15 bits per heavy atom. The van der Waals surface area contributed by atoms with E-state index in [1.54, 1.807) is 0 Å². The van der Waals surface area contributed by atoms with Crippen molar-refractivity contribution in [2.75, 3.05) is 0 Å². The fraction of sp³-hybridized carbons (Fsp3) is 0.200. The van der Waals surface area contributed by atoms with Crippen LogP contribution in [0.15, 0.2) is 35.4 Å². The molecule has 0 saturated heterocycles. The summed E-state index contributed by atoms with van der Waals surface area (Å²) >= 11 is 0. The lowest BCUT2D eigenvalue weighted by Gasteiger charge is -1.98. The van der Waals surface area contributed by atoms with Crippen LogP contribution in [0.5, 0.6) is 0 Å². The number of benzene rings is 1. The minimum Gasteiger partial charge on any atom is -0.346 e. The average molecular weight is 173 g/mol. The Labute approximate surface area is 76.5 Å². The molecule has 0 aliphatic carbocycles. The monoisotopic (exact) mass is 173 g/mol. The number of aryl methyl sites for hydroxylation is 1. The summed E-state index contributed by atoms with van der Waals surface area (Å²) in [5.41, 5.74) is 9.10. The molecular weight excluding hydrogens is 162 g/mol. The molecule has 0 unspecified atom stereocenters. The summed E-state index contributed by atoms with van der Waals surface area (Å²) in [7, 11) is 2.00. The van der Waals surface area contributed by atoms with E-state index in [-0.39, 0.29) is 0 Å². The summed E-state index contributed by atoms with van der Waals surface area (Å²) in [4.78, 5) is 0. The van der Waals surface area contributed by atoms with Gasteiger partial charge in [0.05, 0.1) is 6.54 Å². The molecule has 1 aromatic carbocycles. The van der Waals surface area contributed by atoms with E-state index in [0.29, 0.717) is 6.54 Å². The Morgan fingerprint density at radius 3 is 2.85 bits per heavy atom. The Kier molecular flexibility index (Phi) is 1.85. The van der Waals surface area contributed by atoms with Crippen LogP contribution >= 0.6 is 0 Å². The molecule has 0 fully saturated rings. The zero-order valence-corrected chi connectivity index (χ0v) is 7.49. The molecule has 3 heteroatoms. The molecule has 2 rings (SSSR count). The van der Waals surface area contributed by atoms with Gasteiger partial charge in [-0.3, -0.25) is 0 Å². The van der Waals surface area contributed by atoms with E-state index in [4.69, 9.17) is 5.53 Å². The Hall–Kier alpha value is -1.64. The van der Waals surface area contributed by atoms with Gasteiger partial charge in [-0.1, -0.05) is 18.2 Å². The smallest absolute Gasteiger partial charge is 0.0998 e. The first kappa shape index (κ1) is 7.98. The maximum atomic E-state index is 6.82. The SMILES string of the molecule is Cn1c(CN=N)cc2ccccc21. The van der Waals surface area contributed by atoms with Gasteiger partial charge >= 0.3 is 0 Å². The number of para-hydroxylation sites is 1. The van der Waals surface area contributed by atoms with Crippen LogP contribution in [0.25, 0.3) is 10.9 Å². The van der Waals surface area contributed by atoms with Gasteiger partial charge < -0.3 is 4.57 Å². The van der Waals surface area contributed by atoms with Gasteiger partial charge in [-0.25, -0.2) is 5.53 Å². The second kappa shape index (κ2) is 3.01. The first-order valence-electron chi connectivity index (χ1n) is 4.19. The minimum atomic E-state index is 0.463. The van der Waals surface area contributed by atoms with Gasteiger partial charge in [0.2, 0.25) is 0 Å². The maximum absolute atomic E-state index is 6.82. The molecule has 66 valence electrons. The lowest BCUT2D eigenvalue weighted by Crippen LogP contribution is -1.93. The van der Waals surface area contributed by atoms with Crippen LogP contribution in [0.1, 0.15) is 5.69 Å². The van der Waals surface area contributed by atoms with E-state index in [9.17, 15) is 0 Å². The molecule has 0 saturated carbocycles. The van der Waals surface area contributed by atoms with Crippen molar-refractivity contribution in [2.45, 2.75) is 6.54 Å². The Bertz CT molecular complexity index is 442. The topological polar surface area (TPSA) is 41.1 Å². The highest BCUT2D eigenvalue weighted by Gasteiger charge is 2.02. The number of nitrogens with zero attached hydrogens (tertiary/aromatic N) is 2. The number of nitrogens with one attached hydrogen (secondary N) is 1. The lowest BCUT2D eigenvalue weighted by molar-refractivity contribution is 0.803. The van der Waals surface area contributed by atoms with Crippen LogP contribution in [0.4, 0.5) is 0 Å². The molecular formula is C10H11N3. The molecule has 0 radical (unpaired) electrons. The first-order chi connectivity index (χ1) is 6.33. The van der Waals surface area contributed by atoms with Crippen LogP contribution < -0.4 is 0 Å². The predicted octanol–water partition coefficient (Wildman–Crippen LogP) is 2.71. The lowest BCUT2D eigenvalue weighted by atomic mass is 10.2. The maximum Gasteiger partial charge on any atom is 0.0998 e. The van der Waals surface area contributed by atoms with Crippen molar-refractivity contribution in [2.24, 2.45) is 12.2 Å². The molecule has 1 N–H and O–H groups in total. The summed E-state index contributed by atoms with van der Waals surface area (Å²) in [6.07, 6.45) is 0.